The zero-order valence-electron chi connectivity index (χ0n) is 18.0. The average Bonchev–Trinajstić information content (AvgIpc) is 3.24. The van der Waals surface area contributed by atoms with Crippen molar-refractivity contribution in [2.45, 2.75) is 43.9 Å². The number of ether oxygens (including phenoxy) is 2. The molecular weight excluding hydrogens is 390 g/mol. The number of amides is 1. The summed E-state index contributed by atoms with van der Waals surface area (Å²) < 4.78 is 10.9. The molecule has 6 heteroatoms. The van der Waals surface area contributed by atoms with Crippen molar-refractivity contribution < 1.29 is 14.3 Å². The zero-order chi connectivity index (χ0) is 21.6. The molecule has 0 unspecified atom stereocenters. The fraction of sp³-hybridized carbons (Fsp3) is 0.360. The molecule has 1 aliphatic carbocycles. The molecular formula is C25H27N3O3. The van der Waals surface area contributed by atoms with Gasteiger partial charge in [0.1, 0.15) is 0 Å². The van der Waals surface area contributed by atoms with E-state index < -0.39 is 5.41 Å². The highest BCUT2D eigenvalue weighted by Gasteiger charge is 2.51. The Morgan fingerprint density at radius 2 is 1.97 bits per heavy atom. The van der Waals surface area contributed by atoms with Crippen molar-refractivity contribution >= 4 is 29.2 Å². The molecule has 1 aromatic heterocycles. The number of carbonyl (C=O) groups is 1. The quantitative estimate of drug-likeness (QED) is 0.535. The van der Waals surface area contributed by atoms with Gasteiger partial charge in [-0.05, 0) is 67.9 Å². The molecule has 1 fully saturated rings. The van der Waals surface area contributed by atoms with Crippen LogP contribution < -0.4 is 14.8 Å². The van der Waals surface area contributed by atoms with E-state index in [0.29, 0.717) is 5.75 Å². The molecule has 1 saturated carbocycles. The number of aromatic amines is 1. The Labute approximate surface area is 181 Å². The fourth-order valence-electron chi connectivity index (χ4n) is 4.28. The Morgan fingerprint density at radius 1 is 1.16 bits per heavy atom. The van der Waals surface area contributed by atoms with Crippen LogP contribution in [0.25, 0.3) is 10.9 Å². The van der Waals surface area contributed by atoms with Crippen molar-refractivity contribution in [3.05, 3.63) is 53.7 Å². The maximum Gasteiger partial charge on any atom is 0.235 e. The summed E-state index contributed by atoms with van der Waals surface area (Å²) in [5.74, 6) is 1.48. The molecule has 2 heterocycles. The van der Waals surface area contributed by atoms with E-state index in [2.05, 4.69) is 41.9 Å². The van der Waals surface area contributed by atoms with Gasteiger partial charge in [0, 0.05) is 34.2 Å². The summed E-state index contributed by atoms with van der Waals surface area (Å²) in [6, 6.07) is 14.0. The molecule has 0 atom stereocenters. The second-order valence-electron chi connectivity index (χ2n) is 9.17. The van der Waals surface area contributed by atoms with E-state index in [-0.39, 0.29) is 18.1 Å². The monoisotopic (exact) mass is 417 g/mol. The topological polar surface area (TPSA) is 75.7 Å². The van der Waals surface area contributed by atoms with Gasteiger partial charge in [0.2, 0.25) is 12.7 Å². The van der Waals surface area contributed by atoms with Crippen molar-refractivity contribution in [3.63, 3.8) is 0 Å². The minimum atomic E-state index is -0.487. The summed E-state index contributed by atoms with van der Waals surface area (Å²) in [6.07, 6.45) is 2.59. The van der Waals surface area contributed by atoms with Gasteiger partial charge in [-0.3, -0.25) is 4.79 Å². The largest absolute Gasteiger partial charge is 0.454 e. The molecule has 5 rings (SSSR count). The van der Waals surface area contributed by atoms with Crippen molar-refractivity contribution in [2.24, 2.45) is 4.99 Å². The van der Waals surface area contributed by atoms with E-state index in [1.165, 1.54) is 0 Å². The maximum absolute atomic E-state index is 13.2. The molecule has 1 aliphatic heterocycles. The summed E-state index contributed by atoms with van der Waals surface area (Å²) in [4.78, 5) is 20.7. The van der Waals surface area contributed by atoms with Gasteiger partial charge in [-0.15, -0.1) is 0 Å². The standard InChI is InChI=1S/C25H27N3O3/c1-24(2,10-11-26-3)22-13-16-12-18(5-6-19(16)28-22)27-23(29)25(8-9-25)17-4-7-20-21(14-17)31-15-30-20/h4-7,12-14,28H,3,8-11,15H2,1-2H3,(H,27,29). The van der Waals surface area contributed by atoms with Crippen LogP contribution in [0.5, 0.6) is 11.5 Å². The molecule has 0 bridgehead atoms. The van der Waals surface area contributed by atoms with Crippen LogP contribution >= 0.6 is 0 Å². The SMILES string of the molecule is C=NCCC(C)(C)c1cc2cc(NC(=O)C3(c4ccc5c(c4)OCO5)CC3)ccc2[nH]1. The van der Waals surface area contributed by atoms with Crippen LogP contribution in [0.3, 0.4) is 0 Å². The van der Waals surface area contributed by atoms with E-state index in [1.807, 2.05) is 36.4 Å². The minimum absolute atomic E-state index is 0.0267. The Hall–Kier alpha value is -3.28. The first-order valence-electron chi connectivity index (χ1n) is 10.7. The number of hydrogen-bond donors (Lipinski definition) is 2. The summed E-state index contributed by atoms with van der Waals surface area (Å²) in [6.45, 7) is 8.96. The number of benzene rings is 2. The van der Waals surface area contributed by atoms with E-state index in [0.717, 1.165) is 59.4 Å². The molecule has 2 N–H and O–H groups in total. The van der Waals surface area contributed by atoms with Gasteiger partial charge in [-0.25, -0.2) is 0 Å². The number of aromatic nitrogens is 1. The van der Waals surface area contributed by atoms with Crippen LogP contribution in [0.15, 0.2) is 47.5 Å². The second kappa shape index (κ2) is 7.15. The number of carbonyl (C=O) groups excluding carboxylic acids is 1. The van der Waals surface area contributed by atoms with Crippen LogP contribution in [0, 0.1) is 0 Å². The molecule has 0 saturated heterocycles. The molecule has 160 valence electrons. The molecule has 0 spiro atoms. The molecule has 0 radical (unpaired) electrons. The Balaban J connectivity index is 1.36. The maximum atomic E-state index is 13.2. The fourth-order valence-corrected chi connectivity index (χ4v) is 4.28. The number of H-pyrrole nitrogens is 1. The number of aliphatic imine (C=N–C) groups is 1. The molecule has 3 aromatic rings. The van der Waals surface area contributed by atoms with Gasteiger partial charge in [0.15, 0.2) is 11.5 Å². The van der Waals surface area contributed by atoms with Gasteiger partial charge in [-0.1, -0.05) is 19.9 Å². The summed E-state index contributed by atoms with van der Waals surface area (Å²) in [5, 5.41) is 4.22. The lowest BCUT2D eigenvalue weighted by molar-refractivity contribution is -0.118. The van der Waals surface area contributed by atoms with Crippen LogP contribution in [0.4, 0.5) is 5.69 Å². The minimum Gasteiger partial charge on any atom is -0.454 e. The highest BCUT2D eigenvalue weighted by molar-refractivity contribution is 6.02. The van der Waals surface area contributed by atoms with Gasteiger partial charge < -0.3 is 24.8 Å². The number of nitrogens with zero attached hydrogens (tertiary/aromatic N) is 1. The first kappa shape index (κ1) is 19.7. The lowest BCUT2D eigenvalue weighted by atomic mass is 9.86. The van der Waals surface area contributed by atoms with Gasteiger partial charge in [-0.2, -0.15) is 0 Å². The van der Waals surface area contributed by atoms with E-state index in [1.54, 1.807) is 0 Å². The van der Waals surface area contributed by atoms with Gasteiger partial charge in [0.05, 0.1) is 5.41 Å². The smallest absolute Gasteiger partial charge is 0.235 e. The Kier molecular flexibility index (Phi) is 4.54. The number of nitrogens with one attached hydrogen (secondary N) is 2. The predicted octanol–water partition coefficient (Wildman–Crippen LogP) is 4.94. The number of hydrogen-bond acceptors (Lipinski definition) is 4. The van der Waals surface area contributed by atoms with E-state index in [4.69, 9.17) is 9.47 Å². The van der Waals surface area contributed by atoms with Crippen molar-refractivity contribution in [3.8, 4) is 11.5 Å². The lowest BCUT2D eigenvalue weighted by Crippen LogP contribution is -2.27. The predicted molar refractivity (Wildman–Crippen MR) is 122 cm³/mol. The van der Waals surface area contributed by atoms with Crippen LogP contribution in [-0.2, 0) is 15.6 Å². The normalized spacial score (nSPS) is 16.3. The molecule has 31 heavy (non-hydrogen) atoms. The number of fused-ring (bicyclic) bond motifs is 2. The first-order chi connectivity index (χ1) is 14.9. The first-order valence-corrected chi connectivity index (χ1v) is 10.7. The molecule has 2 aliphatic rings. The van der Waals surface area contributed by atoms with Crippen molar-refractivity contribution in [2.75, 3.05) is 18.7 Å². The van der Waals surface area contributed by atoms with Crippen LogP contribution in [0.1, 0.15) is 44.4 Å². The van der Waals surface area contributed by atoms with Gasteiger partial charge >= 0.3 is 0 Å². The summed E-state index contributed by atoms with van der Waals surface area (Å²) >= 11 is 0. The molecule has 6 nitrogen and oxygen atoms in total. The summed E-state index contributed by atoms with van der Waals surface area (Å²) in [5.41, 5.74) is 3.50. The van der Waals surface area contributed by atoms with Crippen LogP contribution in [-0.4, -0.2) is 30.9 Å². The third-order valence-electron chi connectivity index (χ3n) is 6.61. The number of anilines is 1. The van der Waals surface area contributed by atoms with Crippen molar-refractivity contribution in [1.82, 2.24) is 4.98 Å². The second-order valence-corrected chi connectivity index (χ2v) is 9.17. The number of rotatable bonds is 7. The average molecular weight is 418 g/mol. The van der Waals surface area contributed by atoms with Crippen LogP contribution in [0.2, 0.25) is 0 Å². The third-order valence-corrected chi connectivity index (χ3v) is 6.61. The highest BCUT2D eigenvalue weighted by atomic mass is 16.7. The highest BCUT2D eigenvalue weighted by Crippen LogP contribution is 2.51. The third kappa shape index (κ3) is 3.46. The van der Waals surface area contributed by atoms with E-state index >= 15 is 0 Å². The molecule has 2 aromatic carbocycles. The Morgan fingerprint density at radius 3 is 2.74 bits per heavy atom. The van der Waals surface area contributed by atoms with Crippen molar-refractivity contribution in [1.29, 1.82) is 0 Å². The lowest BCUT2D eigenvalue weighted by Gasteiger charge is -2.22. The van der Waals surface area contributed by atoms with Gasteiger partial charge in [0.25, 0.3) is 0 Å². The Bertz CT molecular complexity index is 1170. The van der Waals surface area contributed by atoms with E-state index in [9.17, 15) is 4.79 Å². The summed E-state index contributed by atoms with van der Waals surface area (Å²) in [7, 11) is 0. The zero-order valence-corrected chi connectivity index (χ0v) is 18.0. The molecule has 1 amide bonds.